The van der Waals surface area contributed by atoms with Gasteiger partial charge < -0.3 is 4.98 Å². The molecule has 0 saturated heterocycles. The number of imidazole rings is 1. The molecule has 0 radical (unpaired) electrons. The highest BCUT2D eigenvalue weighted by atomic mass is 32.3. The Morgan fingerprint density at radius 3 is 1.78 bits per heavy atom. The van der Waals surface area contributed by atoms with E-state index in [1.165, 1.54) is 0 Å². The van der Waals surface area contributed by atoms with Crippen LogP contribution in [0, 0.1) is 0 Å². The van der Waals surface area contributed by atoms with Crippen molar-refractivity contribution in [3.63, 3.8) is 0 Å². The van der Waals surface area contributed by atoms with Crippen LogP contribution in [0.15, 0.2) is 25.0 Å². The van der Waals surface area contributed by atoms with E-state index in [2.05, 4.69) is 16.5 Å². The van der Waals surface area contributed by atoms with Crippen molar-refractivity contribution in [3.05, 3.63) is 30.9 Å². The van der Waals surface area contributed by atoms with Crippen LogP contribution in [0.1, 0.15) is 5.82 Å². The number of aromatic amines is 1. The van der Waals surface area contributed by atoms with Crippen LogP contribution >= 0.6 is 0 Å². The standard InChI is InChI=1S/C6H8N2.C2HF6NO4S2/c1-2-3-6-7-4-5-8-6;3-1(4,5)14(10,11)9-15(12,13)2(6,7)8/h2,4-5H,1,3H2,(H,7,8);9H. The summed E-state index contributed by atoms with van der Waals surface area (Å²) in [6, 6.07) is 0. The maximum absolute atomic E-state index is 11.5. The maximum Gasteiger partial charge on any atom is 0.512 e. The van der Waals surface area contributed by atoms with Gasteiger partial charge in [-0.25, -0.2) is 21.8 Å². The van der Waals surface area contributed by atoms with E-state index in [-0.39, 0.29) is 0 Å². The zero-order chi connectivity index (χ0) is 18.5. The molecular weight excluding hydrogens is 380 g/mol. The molecular formula is C8H9F6N3O4S2. The van der Waals surface area contributed by atoms with Crippen molar-refractivity contribution in [3.8, 4) is 0 Å². The van der Waals surface area contributed by atoms with Crippen molar-refractivity contribution in [1.29, 1.82) is 0 Å². The van der Waals surface area contributed by atoms with Crippen molar-refractivity contribution < 1.29 is 43.2 Å². The molecule has 1 heterocycles. The molecule has 134 valence electrons. The number of allylic oxidation sites excluding steroid dienone is 1. The summed E-state index contributed by atoms with van der Waals surface area (Å²) < 4.78 is 108. The lowest BCUT2D eigenvalue weighted by atomic mass is 10.4. The maximum atomic E-state index is 11.5. The van der Waals surface area contributed by atoms with Crippen LogP contribution in [0.3, 0.4) is 0 Å². The van der Waals surface area contributed by atoms with Crippen molar-refractivity contribution in [1.82, 2.24) is 14.1 Å². The van der Waals surface area contributed by atoms with Gasteiger partial charge in [0.15, 0.2) is 0 Å². The van der Waals surface area contributed by atoms with E-state index in [1.807, 2.05) is 6.08 Å². The Balaban J connectivity index is 0.000000502. The summed E-state index contributed by atoms with van der Waals surface area (Å²) >= 11 is 0. The fourth-order valence-electron chi connectivity index (χ4n) is 0.785. The summed E-state index contributed by atoms with van der Waals surface area (Å²) in [6.45, 7) is 3.58. The second-order valence-corrected chi connectivity index (χ2v) is 7.12. The van der Waals surface area contributed by atoms with Gasteiger partial charge in [-0.3, -0.25) is 0 Å². The Labute approximate surface area is 126 Å². The fourth-order valence-corrected chi connectivity index (χ4v) is 2.70. The van der Waals surface area contributed by atoms with E-state index in [0.717, 1.165) is 12.2 Å². The van der Waals surface area contributed by atoms with Crippen LogP contribution in [0.5, 0.6) is 0 Å². The Hall–Kier alpha value is -1.61. The number of hydrogen-bond donors (Lipinski definition) is 2. The highest BCUT2D eigenvalue weighted by Gasteiger charge is 2.55. The lowest BCUT2D eigenvalue weighted by molar-refractivity contribution is -0.0476. The smallest absolute Gasteiger partial charge is 0.348 e. The predicted octanol–water partition coefficient (Wildman–Crippen LogP) is 1.41. The Morgan fingerprint density at radius 1 is 1.09 bits per heavy atom. The minimum atomic E-state index is -6.60. The van der Waals surface area contributed by atoms with Gasteiger partial charge in [-0.1, -0.05) is 10.2 Å². The molecule has 0 unspecified atom stereocenters. The monoisotopic (exact) mass is 389 g/mol. The van der Waals surface area contributed by atoms with Crippen LogP contribution in [0.2, 0.25) is 0 Å². The Morgan fingerprint density at radius 2 is 1.52 bits per heavy atom. The number of halogens is 6. The van der Waals surface area contributed by atoms with Gasteiger partial charge in [0.25, 0.3) is 0 Å². The zero-order valence-corrected chi connectivity index (χ0v) is 12.4. The minimum absolute atomic E-state index is 0.493. The number of alkyl halides is 6. The van der Waals surface area contributed by atoms with Crippen molar-refractivity contribution >= 4 is 20.0 Å². The van der Waals surface area contributed by atoms with Crippen LogP contribution in [0.4, 0.5) is 26.3 Å². The number of H-pyrrole nitrogens is 1. The molecule has 0 amide bonds. The lowest BCUT2D eigenvalue weighted by Gasteiger charge is -2.11. The average Bonchev–Trinajstić information content (AvgIpc) is 2.78. The van der Waals surface area contributed by atoms with Gasteiger partial charge in [0.05, 0.1) is 0 Å². The van der Waals surface area contributed by atoms with Crippen molar-refractivity contribution in [2.75, 3.05) is 0 Å². The molecule has 1 rings (SSSR count). The molecule has 0 fully saturated rings. The van der Waals surface area contributed by atoms with Gasteiger partial charge in [0, 0.05) is 18.8 Å². The van der Waals surface area contributed by atoms with Gasteiger partial charge in [0.1, 0.15) is 5.82 Å². The van der Waals surface area contributed by atoms with Crippen LogP contribution in [0.25, 0.3) is 0 Å². The first-order valence-electron chi connectivity index (χ1n) is 5.14. The normalized spacial score (nSPS) is 13.1. The molecule has 1 aromatic rings. The molecule has 0 aliphatic rings. The molecule has 0 saturated carbocycles. The first-order valence-corrected chi connectivity index (χ1v) is 8.11. The summed E-state index contributed by atoms with van der Waals surface area (Å²) in [5, 5.41) is 0. The molecule has 23 heavy (non-hydrogen) atoms. The molecule has 15 heteroatoms. The molecule has 0 bridgehead atoms. The van der Waals surface area contributed by atoms with Gasteiger partial charge in [-0.05, 0) is 0 Å². The third kappa shape index (κ3) is 6.57. The SMILES string of the molecule is C=CCc1ncc[nH]1.O=S(=O)(NS(=O)(=O)C(F)(F)F)C(F)(F)F. The molecule has 0 spiro atoms. The van der Waals surface area contributed by atoms with Gasteiger partial charge >= 0.3 is 31.1 Å². The Kier molecular flexibility index (Phi) is 6.80. The highest BCUT2D eigenvalue weighted by molar-refractivity contribution is 8.05. The van der Waals surface area contributed by atoms with E-state index in [0.29, 0.717) is 0 Å². The predicted molar refractivity (Wildman–Crippen MR) is 65.6 cm³/mol. The van der Waals surface area contributed by atoms with E-state index in [4.69, 9.17) is 0 Å². The van der Waals surface area contributed by atoms with E-state index in [1.54, 1.807) is 12.4 Å². The quantitative estimate of drug-likeness (QED) is 0.598. The first-order chi connectivity index (χ1) is 10.1. The lowest BCUT2D eigenvalue weighted by Crippen LogP contribution is -2.45. The molecule has 0 aliphatic carbocycles. The van der Waals surface area contributed by atoms with E-state index in [9.17, 15) is 43.2 Å². The average molecular weight is 389 g/mol. The summed E-state index contributed by atoms with van der Waals surface area (Å²) in [7, 11) is -13.2. The third-order valence-electron chi connectivity index (χ3n) is 1.72. The Bertz CT molecular complexity index is 664. The number of sulfonamides is 2. The summed E-state index contributed by atoms with van der Waals surface area (Å²) in [5.41, 5.74) is -12.3. The van der Waals surface area contributed by atoms with Crippen LogP contribution in [-0.2, 0) is 26.5 Å². The summed E-state index contributed by atoms with van der Waals surface area (Å²) in [4.78, 5) is 6.93. The number of rotatable bonds is 4. The number of aromatic nitrogens is 2. The number of nitrogens with zero attached hydrogens (tertiary/aromatic N) is 1. The largest absolute Gasteiger partial charge is 0.512 e. The van der Waals surface area contributed by atoms with E-state index < -0.39 is 35.2 Å². The molecule has 0 atom stereocenters. The highest BCUT2D eigenvalue weighted by Crippen LogP contribution is 2.27. The van der Waals surface area contributed by atoms with Crippen LogP contribution in [-0.4, -0.2) is 37.8 Å². The molecule has 7 nitrogen and oxygen atoms in total. The molecule has 2 N–H and O–H groups in total. The van der Waals surface area contributed by atoms with Crippen molar-refractivity contribution in [2.24, 2.45) is 0 Å². The van der Waals surface area contributed by atoms with Crippen molar-refractivity contribution in [2.45, 2.75) is 17.4 Å². The van der Waals surface area contributed by atoms with Gasteiger partial charge in [0.2, 0.25) is 0 Å². The van der Waals surface area contributed by atoms with Gasteiger partial charge in [-0.15, -0.1) is 6.58 Å². The molecule has 0 aromatic carbocycles. The number of nitrogens with one attached hydrogen (secondary N) is 2. The van der Waals surface area contributed by atoms with Crippen LogP contribution < -0.4 is 4.13 Å². The molecule has 1 aromatic heterocycles. The first kappa shape index (κ1) is 21.4. The third-order valence-corrected chi connectivity index (χ3v) is 4.70. The second kappa shape index (κ2) is 7.31. The molecule has 0 aliphatic heterocycles. The fraction of sp³-hybridized carbons (Fsp3) is 0.375. The van der Waals surface area contributed by atoms with Gasteiger partial charge in [-0.2, -0.15) is 26.3 Å². The minimum Gasteiger partial charge on any atom is -0.348 e. The van der Waals surface area contributed by atoms with E-state index >= 15 is 0 Å². The summed E-state index contributed by atoms with van der Waals surface area (Å²) in [6.07, 6.45) is 6.18. The zero-order valence-electron chi connectivity index (χ0n) is 10.8. The summed E-state index contributed by atoms with van der Waals surface area (Å²) in [5.74, 6) is 0.972. The topological polar surface area (TPSA) is 109 Å². The second-order valence-electron chi connectivity index (χ2n) is 3.51. The number of hydrogen-bond acceptors (Lipinski definition) is 5.